The first-order chi connectivity index (χ1) is 12.6. The Balaban J connectivity index is 1.39. The Bertz CT molecular complexity index is 948. The highest BCUT2D eigenvalue weighted by Gasteiger charge is 2.23. The van der Waals surface area contributed by atoms with Crippen molar-refractivity contribution >= 4 is 29.0 Å². The van der Waals surface area contributed by atoms with Gasteiger partial charge in [0.05, 0.1) is 6.42 Å². The molecule has 0 aliphatic carbocycles. The van der Waals surface area contributed by atoms with Crippen LogP contribution >= 0.6 is 11.6 Å². The van der Waals surface area contributed by atoms with Gasteiger partial charge in [-0.2, -0.15) is 4.52 Å². The maximum absolute atomic E-state index is 12.6. The van der Waals surface area contributed by atoms with Gasteiger partial charge in [0.25, 0.3) is 0 Å². The summed E-state index contributed by atoms with van der Waals surface area (Å²) in [4.78, 5) is 16.7. The molecule has 1 fully saturated rings. The Kier molecular flexibility index (Phi) is 4.46. The molecule has 4 rings (SSSR count). The third-order valence-corrected chi connectivity index (χ3v) is 5.26. The Labute approximate surface area is 156 Å². The molecule has 0 spiro atoms. The highest BCUT2D eigenvalue weighted by Crippen LogP contribution is 2.22. The van der Waals surface area contributed by atoms with Gasteiger partial charge in [0, 0.05) is 31.2 Å². The van der Waals surface area contributed by atoms with Gasteiger partial charge in [-0.3, -0.25) is 4.79 Å². The van der Waals surface area contributed by atoms with Crippen LogP contribution in [-0.4, -0.2) is 56.8 Å². The van der Waals surface area contributed by atoms with Gasteiger partial charge in [-0.15, -0.1) is 15.3 Å². The molecular weight excluding hydrogens is 352 g/mol. The molecule has 0 radical (unpaired) electrons. The molecule has 0 bridgehead atoms. The summed E-state index contributed by atoms with van der Waals surface area (Å²) in [7, 11) is 0. The van der Waals surface area contributed by atoms with Crippen LogP contribution in [0.25, 0.3) is 5.65 Å². The van der Waals surface area contributed by atoms with Crippen molar-refractivity contribution in [3.8, 4) is 0 Å². The van der Waals surface area contributed by atoms with E-state index < -0.39 is 0 Å². The smallest absolute Gasteiger partial charge is 0.227 e. The second kappa shape index (κ2) is 6.92. The summed E-state index contributed by atoms with van der Waals surface area (Å²) < 4.78 is 1.66. The van der Waals surface area contributed by atoms with Crippen LogP contribution in [0.4, 0.5) is 5.82 Å². The predicted octanol–water partition coefficient (Wildman–Crippen LogP) is 1.98. The predicted molar refractivity (Wildman–Crippen MR) is 99.5 cm³/mol. The van der Waals surface area contributed by atoms with Crippen LogP contribution in [0.3, 0.4) is 0 Å². The third-order valence-electron chi connectivity index (χ3n) is 4.72. The minimum atomic E-state index is 0.111. The van der Waals surface area contributed by atoms with Crippen molar-refractivity contribution < 1.29 is 4.79 Å². The Morgan fingerprint density at radius 2 is 1.96 bits per heavy atom. The fraction of sp³-hybridized carbons (Fsp3) is 0.333. The number of aromatic nitrogens is 4. The summed E-state index contributed by atoms with van der Waals surface area (Å²) in [5.41, 5.74) is 2.61. The summed E-state index contributed by atoms with van der Waals surface area (Å²) in [6, 6.07) is 9.64. The first kappa shape index (κ1) is 16.8. The SMILES string of the molecule is Cc1cccc(CC(=O)N2CCN(c3ccc4nncn4n3)CC2)c1Cl. The number of nitrogens with zero attached hydrogens (tertiary/aromatic N) is 6. The van der Waals surface area contributed by atoms with E-state index in [2.05, 4.69) is 20.2 Å². The van der Waals surface area contributed by atoms with Gasteiger partial charge in [0.1, 0.15) is 12.1 Å². The zero-order valence-corrected chi connectivity index (χ0v) is 15.2. The van der Waals surface area contributed by atoms with Crippen LogP contribution < -0.4 is 4.90 Å². The highest BCUT2D eigenvalue weighted by atomic mass is 35.5. The summed E-state index contributed by atoms with van der Waals surface area (Å²) in [6.07, 6.45) is 1.93. The molecular formula is C18H19ClN6O. The van der Waals surface area contributed by atoms with E-state index in [1.54, 1.807) is 10.8 Å². The lowest BCUT2D eigenvalue weighted by Crippen LogP contribution is -2.49. The number of rotatable bonds is 3. The second-order valence-electron chi connectivity index (χ2n) is 6.42. The van der Waals surface area contributed by atoms with E-state index in [-0.39, 0.29) is 5.91 Å². The maximum atomic E-state index is 12.6. The number of fused-ring (bicyclic) bond motifs is 1. The molecule has 1 amide bonds. The lowest BCUT2D eigenvalue weighted by Gasteiger charge is -2.35. The Morgan fingerprint density at radius 1 is 1.15 bits per heavy atom. The van der Waals surface area contributed by atoms with E-state index in [0.717, 1.165) is 35.7 Å². The van der Waals surface area contributed by atoms with Gasteiger partial charge >= 0.3 is 0 Å². The minimum absolute atomic E-state index is 0.111. The number of piperazine rings is 1. The highest BCUT2D eigenvalue weighted by molar-refractivity contribution is 6.32. The Hall–Kier alpha value is -2.67. The first-order valence-electron chi connectivity index (χ1n) is 8.55. The van der Waals surface area contributed by atoms with E-state index in [4.69, 9.17) is 11.6 Å². The molecule has 2 aromatic heterocycles. The van der Waals surface area contributed by atoms with Gasteiger partial charge in [-0.25, -0.2) is 0 Å². The molecule has 1 saturated heterocycles. The molecule has 0 saturated carbocycles. The molecule has 3 heterocycles. The van der Waals surface area contributed by atoms with Crippen molar-refractivity contribution in [2.24, 2.45) is 0 Å². The fourth-order valence-electron chi connectivity index (χ4n) is 3.19. The standard InChI is InChI=1S/C18H19ClN6O/c1-13-3-2-4-14(18(13)19)11-17(26)24-9-7-23(8-10-24)16-6-5-15-21-20-12-25(15)22-16/h2-6,12H,7-11H2,1H3. The van der Waals surface area contributed by atoms with Crippen LogP contribution in [0, 0.1) is 6.92 Å². The molecule has 8 heteroatoms. The van der Waals surface area contributed by atoms with Gasteiger partial charge in [0.15, 0.2) is 5.65 Å². The van der Waals surface area contributed by atoms with Gasteiger partial charge in [0.2, 0.25) is 5.91 Å². The largest absolute Gasteiger partial charge is 0.352 e. The average molecular weight is 371 g/mol. The van der Waals surface area contributed by atoms with Crippen LogP contribution in [0.2, 0.25) is 5.02 Å². The normalized spacial score (nSPS) is 14.8. The number of halogens is 1. The van der Waals surface area contributed by atoms with E-state index >= 15 is 0 Å². The van der Waals surface area contributed by atoms with Gasteiger partial charge in [-0.1, -0.05) is 29.8 Å². The number of aryl methyl sites for hydroxylation is 1. The maximum Gasteiger partial charge on any atom is 0.227 e. The lowest BCUT2D eigenvalue weighted by atomic mass is 10.1. The van der Waals surface area contributed by atoms with E-state index in [9.17, 15) is 4.79 Å². The minimum Gasteiger partial charge on any atom is -0.352 e. The molecule has 1 aliphatic heterocycles. The van der Waals surface area contributed by atoms with Crippen molar-refractivity contribution in [2.75, 3.05) is 31.1 Å². The molecule has 7 nitrogen and oxygen atoms in total. The Morgan fingerprint density at radius 3 is 2.77 bits per heavy atom. The summed E-state index contributed by atoms with van der Waals surface area (Å²) >= 11 is 6.32. The van der Waals surface area contributed by atoms with Crippen molar-refractivity contribution in [3.05, 3.63) is 52.8 Å². The van der Waals surface area contributed by atoms with Gasteiger partial charge < -0.3 is 9.80 Å². The molecule has 0 unspecified atom stereocenters. The summed E-state index contributed by atoms with van der Waals surface area (Å²) in [5, 5.41) is 13.0. The first-order valence-corrected chi connectivity index (χ1v) is 8.93. The number of carbonyl (C=O) groups is 1. The topological polar surface area (TPSA) is 66.6 Å². The van der Waals surface area contributed by atoms with Gasteiger partial charge in [-0.05, 0) is 30.2 Å². The monoisotopic (exact) mass is 370 g/mol. The van der Waals surface area contributed by atoms with Crippen LogP contribution in [-0.2, 0) is 11.2 Å². The van der Waals surface area contributed by atoms with Crippen LogP contribution in [0.5, 0.6) is 0 Å². The van der Waals surface area contributed by atoms with Crippen molar-refractivity contribution in [3.63, 3.8) is 0 Å². The summed E-state index contributed by atoms with van der Waals surface area (Å²) in [6.45, 7) is 4.78. The van der Waals surface area contributed by atoms with E-state index in [1.807, 2.05) is 42.2 Å². The molecule has 3 aromatic rings. The van der Waals surface area contributed by atoms with Crippen molar-refractivity contribution in [1.82, 2.24) is 24.7 Å². The molecule has 26 heavy (non-hydrogen) atoms. The number of hydrogen-bond acceptors (Lipinski definition) is 5. The molecule has 134 valence electrons. The quantitative estimate of drug-likeness (QED) is 0.705. The number of benzene rings is 1. The number of carbonyl (C=O) groups excluding carboxylic acids is 1. The summed E-state index contributed by atoms with van der Waals surface area (Å²) in [5.74, 6) is 0.977. The van der Waals surface area contributed by atoms with Crippen LogP contribution in [0.1, 0.15) is 11.1 Å². The molecule has 0 N–H and O–H groups in total. The second-order valence-corrected chi connectivity index (χ2v) is 6.80. The number of amides is 1. The van der Waals surface area contributed by atoms with Crippen molar-refractivity contribution in [2.45, 2.75) is 13.3 Å². The zero-order chi connectivity index (χ0) is 18.1. The number of anilines is 1. The molecule has 1 aliphatic rings. The van der Waals surface area contributed by atoms with E-state index in [0.29, 0.717) is 24.5 Å². The molecule has 0 atom stereocenters. The lowest BCUT2D eigenvalue weighted by molar-refractivity contribution is -0.130. The zero-order valence-electron chi connectivity index (χ0n) is 14.5. The fourth-order valence-corrected chi connectivity index (χ4v) is 3.38. The van der Waals surface area contributed by atoms with E-state index in [1.165, 1.54) is 0 Å². The van der Waals surface area contributed by atoms with Crippen LogP contribution in [0.15, 0.2) is 36.7 Å². The third kappa shape index (κ3) is 3.22. The average Bonchev–Trinajstić information content (AvgIpc) is 3.13. The van der Waals surface area contributed by atoms with Crippen molar-refractivity contribution in [1.29, 1.82) is 0 Å². The molecule has 1 aromatic carbocycles. The number of hydrogen-bond donors (Lipinski definition) is 0.